The Hall–Kier alpha value is -1.18. The van der Waals surface area contributed by atoms with E-state index in [9.17, 15) is 0 Å². The predicted octanol–water partition coefficient (Wildman–Crippen LogP) is 3.06. The van der Waals surface area contributed by atoms with Crippen molar-refractivity contribution < 1.29 is 0 Å². The monoisotopic (exact) mass is 206 g/mol. The van der Waals surface area contributed by atoms with Crippen molar-refractivity contribution >= 4 is 11.4 Å². The Morgan fingerprint density at radius 1 is 1.33 bits per heavy atom. The molecule has 2 N–H and O–H groups in total. The van der Waals surface area contributed by atoms with Crippen molar-refractivity contribution in [2.75, 3.05) is 24.2 Å². The molecule has 0 bridgehead atoms. The zero-order valence-corrected chi connectivity index (χ0v) is 10.2. The average Bonchev–Trinajstić information content (AvgIpc) is 2.18. The summed E-state index contributed by atoms with van der Waals surface area (Å²) >= 11 is 0. The van der Waals surface area contributed by atoms with Gasteiger partial charge in [0.15, 0.2) is 0 Å². The maximum atomic E-state index is 5.79. The fraction of sp³-hybridized carbons (Fsp3) is 0.538. The summed E-state index contributed by atoms with van der Waals surface area (Å²) in [4.78, 5) is 2.28. The first-order chi connectivity index (χ1) is 7.00. The van der Waals surface area contributed by atoms with Gasteiger partial charge in [-0.2, -0.15) is 0 Å². The summed E-state index contributed by atoms with van der Waals surface area (Å²) < 4.78 is 0. The molecule has 0 amide bonds. The molecule has 1 aromatic rings. The van der Waals surface area contributed by atoms with Crippen LogP contribution >= 0.6 is 0 Å². The summed E-state index contributed by atoms with van der Waals surface area (Å²) in [6.07, 6.45) is 1.22. The highest BCUT2D eigenvalue weighted by atomic mass is 15.1. The number of hydrogen-bond donors (Lipinski definition) is 1. The molecule has 2 heteroatoms. The molecular formula is C13H22N2. The van der Waals surface area contributed by atoms with Gasteiger partial charge < -0.3 is 10.6 Å². The average molecular weight is 206 g/mol. The van der Waals surface area contributed by atoms with Crippen molar-refractivity contribution in [3.8, 4) is 0 Å². The lowest BCUT2D eigenvalue weighted by Gasteiger charge is -2.21. The van der Waals surface area contributed by atoms with Crippen LogP contribution in [0.5, 0.6) is 0 Å². The van der Waals surface area contributed by atoms with Crippen LogP contribution in [0.4, 0.5) is 11.4 Å². The van der Waals surface area contributed by atoms with Crippen molar-refractivity contribution in [3.05, 3.63) is 23.8 Å². The molecule has 0 fully saturated rings. The second-order valence-electron chi connectivity index (χ2n) is 4.64. The Labute approximate surface area is 93.1 Å². The van der Waals surface area contributed by atoms with E-state index in [4.69, 9.17) is 5.73 Å². The Morgan fingerprint density at radius 3 is 2.53 bits per heavy atom. The van der Waals surface area contributed by atoms with E-state index < -0.39 is 0 Å². The minimum absolute atomic E-state index is 0.752. The molecule has 0 aliphatic rings. The first-order valence-corrected chi connectivity index (χ1v) is 5.58. The molecule has 0 aliphatic carbocycles. The van der Waals surface area contributed by atoms with Crippen molar-refractivity contribution in [1.82, 2.24) is 0 Å². The van der Waals surface area contributed by atoms with E-state index in [-0.39, 0.29) is 0 Å². The van der Waals surface area contributed by atoms with Gasteiger partial charge in [-0.3, -0.25) is 0 Å². The van der Waals surface area contributed by atoms with Crippen LogP contribution in [0.3, 0.4) is 0 Å². The van der Waals surface area contributed by atoms with Crippen LogP contribution in [0.2, 0.25) is 0 Å². The number of nitrogens with zero attached hydrogens (tertiary/aromatic N) is 1. The normalized spacial score (nSPS) is 10.7. The van der Waals surface area contributed by atoms with E-state index in [0.717, 1.165) is 23.7 Å². The molecule has 0 radical (unpaired) electrons. The molecule has 0 spiro atoms. The summed E-state index contributed by atoms with van der Waals surface area (Å²) in [7, 11) is 2.13. The Morgan fingerprint density at radius 2 is 2.00 bits per heavy atom. The third kappa shape index (κ3) is 3.46. The highest BCUT2D eigenvalue weighted by Gasteiger charge is 2.03. The van der Waals surface area contributed by atoms with E-state index in [1.165, 1.54) is 12.1 Å². The topological polar surface area (TPSA) is 29.3 Å². The zero-order valence-electron chi connectivity index (χ0n) is 10.2. The quantitative estimate of drug-likeness (QED) is 0.767. The van der Waals surface area contributed by atoms with Gasteiger partial charge in [-0.1, -0.05) is 13.8 Å². The summed E-state index contributed by atoms with van der Waals surface area (Å²) in [5, 5.41) is 0. The number of aryl methyl sites for hydroxylation is 1. The third-order valence-corrected chi connectivity index (χ3v) is 2.74. The molecule has 0 unspecified atom stereocenters. The summed E-state index contributed by atoms with van der Waals surface area (Å²) in [6.45, 7) is 7.65. The third-order valence-electron chi connectivity index (χ3n) is 2.74. The molecule has 0 saturated heterocycles. The SMILES string of the molecule is Cc1cc(N(C)CCC(C)C)ccc1N. The zero-order chi connectivity index (χ0) is 11.4. The molecule has 1 rings (SSSR count). The van der Waals surface area contributed by atoms with Crippen LogP contribution < -0.4 is 10.6 Å². The molecular weight excluding hydrogens is 184 g/mol. The van der Waals surface area contributed by atoms with Crippen LogP contribution in [0.15, 0.2) is 18.2 Å². The number of hydrogen-bond acceptors (Lipinski definition) is 2. The van der Waals surface area contributed by atoms with Crippen molar-refractivity contribution in [3.63, 3.8) is 0 Å². The van der Waals surface area contributed by atoms with Gasteiger partial charge in [-0.05, 0) is 43.0 Å². The van der Waals surface area contributed by atoms with Gasteiger partial charge in [0.25, 0.3) is 0 Å². The van der Waals surface area contributed by atoms with Crippen LogP contribution in [0.25, 0.3) is 0 Å². The second-order valence-corrected chi connectivity index (χ2v) is 4.64. The van der Waals surface area contributed by atoms with E-state index in [1.54, 1.807) is 0 Å². The van der Waals surface area contributed by atoms with Crippen LogP contribution in [0, 0.1) is 12.8 Å². The lowest BCUT2D eigenvalue weighted by molar-refractivity contribution is 0.585. The maximum Gasteiger partial charge on any atom is 0.0367 e. The first kappa shape index (κ1) is 11.9. The van der Waals surface area contributed by atoms with Gasteiger partial charge >= 0.3 is 0 Å². The van der Waals surface area contributed by atoms with Crippen molar-refractivity contribution in [2.45, 2.75) is 27.2 Å². The Bertz CT molecular complexity index is 318. The largest absolute Gasteiger partial charge is 0.399 e. The van der Waals surface area contributed by atoms with E-state index >= 15 is 0 Å². The van der Waals surface area contributed by atoms with Gasteiger partial charge in [0, 0.05) is 25.0 Å². The van der Waals surface area contributed by atoms with Crippen LogP contribution in [-0.2, 0) is 0 Å². The van der Waals surface area contributed by atoms with E-state index in [1.807, 2.05) is 6.07 Å². The lowest BCUT2D eigenvalue weighted by atomic mass is 10.1. The fourth-order valence-corrected chi connectivity index (χ4v) is 1.48. The van der Waals surface area contributed by atoms with Gasteiger partial charge in [0.05, 0.1) is 0 Å². The van der Waals surface area contributed by atoms with Gasteiger partial charge in [0.2, 0.25) is 0 Å². The van der Waals surface area contributed by atoms with Crippen LogP contribution in [-0.4, -0.2) is 13.6 Å². The molecule has 1 aromatic carbocycles. The van der Waals surface area contributed by atoms with Gasteiger partial charge in [-0.15, -0.1) is 0 Å². The van der Waals surface area contributed by atoms with Crippen LogP contribution in [0.1, 0.15) is 25.8 Å². The Kier molecular flexibility index (Phi) is 4.01. The predicted molar refractivity (Wildman–Crippen MR) is 68.3 cm³/mol. The standard InChI is InChI=1S/C13H22N2/c1-10(2)7-8-15(4)12-5-6-13(14)11(3)9-12/h5-6,9-10H,7-8,14H2,1-4H3. The van der Waals surface area contributed by atoms with Gasteiger partial charge in [-0.25, -0.2) is 0 Å². The molecule has 0 aromatic heterocycles. The minimum atomic E-state index is 0.752. The first-order valence-electron chi connectivity index (χ1n) is 5.58. The molecule has 0 heterocycles. The van der Waals surface area contributed by atoms with E-state index in [2.05, 4.69) is 44.9 Å². The number of nitrogen functional groups attached to an aromatic ring is 1. The number of nitrogens with two attached hydrogens (primary N) is 1. The summed E-state index contributed by atoms with van der Waals surface area (Å²) in [6, 6.07) is 6.22. The highest BCUT2D eigenvalue weighted by Crippen LogP contribution is 2.20. The molecule has 0 saturated carbocycles. The lowest BCUT2D eigenvalue weighted by Crippen LogP contribution is -2.19. The molecule has 2 nitrogen and oxygen atoms in total. The molecule has 15 heavy (non-hydrogen) atoms. The highest BCUT2D eigenvalue weighted by molar-refractivity contribution is 5.57. The number of anilines is 2. The number of benzene rings is 1. The molecule has 84 valence electrons. The fourth-order valence-electron chi connectivity index (χ4n) is 1.48. The van der Waals surface area contributed by atoms with E-state index in [0.29, 0.717) is 0 Å². The molecule has 0 aliphatic heterocycles. The summed E-state index contributed by atoms with van der Waals surface area (Å²) in [5.41, 5.74) is 9.07. The second kappa shape index (κ2) is 5.06. The minimum Gasteiger partial charge on any atom is -0.399 e. The van der Waals surface area contributed by atoms with Gasteiger partial charge in [0.1, 0.15) is 0 Å². The number of rotatable bonds is 4. The van der Waals surface area contributed by atoms with Crippen molar-refractivity contribution in [1.29, 1.82) is 0 Å². The molecule has 0 atom stereocenters. The van der Waals surface area contributed by atoms with Crippen molar-refractivity contribution in [2.24, 2.45) is 5.92 Å². The summed E-state index contributed by atoms with van der Waals surface area (Å²) in [5.74, 6) is 0.752. The Balaban J connectivity index is 2.65. The maximum absolute atomic E-state index is 5.79. The smallest absolute Gasteiger partial charge is 0.0367 e.